The van der Waals surface area contributed by atoms with Crippen LogP contribution in [0.1, 0.15) is 16.5 Å². The fourth-order valence-corrected chi connectivity index (χ4v) is 3.35. The van der Waals surface area contributed by atoms with Gasteiger partial charge in [-0.2, -0.15) is 0 Å². The van der Waals surface area contributed by atoms with Crippen molar-refractivity contribution in [1.82, 2.24) is 5.32 Å². The van der Waals surface area contributed by atoms with Crippen molar-refractivity contribution in [1.29, 1.82) is 0 Å². The lowest BCUT2D eigenvalue weighted by Crippen LogP contribution is -2.20. The molecule has 2 N–H and O–H groups in total. The lowest BCUT2D eigenvalue weighted by Gasteiger charge is -2.13. The Kier molecular flexibility index (Phi) is 5.21. The molecule has 1 aromatic heterocycles. The molecule has 2 aromatic rings. The topological polar surface area (TPSA) is 32.3 Å². The highest BCUT2D eigenvalue weighted by atomic mass is 79.9. The second-order valence-corrected chi connectivity index (χ2v) is 6.12. The third-order valence-electron chi connectivity index (χ3n) is 2.58. The Morgan fingerprint density at radius 2 is 2.11 bits per heavy atom. The summed E-state index contributed by atoms with van der Waals surface area (Å²) in [5, 5.41) is 15.9. The normalized spacial score (nSPS) is 12.6. The van der Waals surface area contributed by atoms with Gasteiger partial charge in [0.25, 0.3) is 0 Å². The standard InChI is InChI=1S/C13H13BrClNOS/c14-10-5-6-18-13(10)8-16-7-12(17)9-3-1-2-4-11(9)15/h1-6,12,16-17H,7-8H2. The van der Waals surface area contributed by atoms with Crippen LogP contribution in [0, 0.1) is 0 Å². The van der Waals surface area contributed by atoms with E-state index < -0.39 is 6.10 Å². The van der Waals surface area contributed by atoms with Crippen molar-refractivity contribution in [3.8, 4) is 0 Å². The van der Waals surface area contributed by atoms with Gasteiger partial charge in [0.05, 0.1) is 6.10 Å². The third-order valence-corrected chi connectivity index (χ3v) is 4.85. The van der Waals surface area contributed by atoms with Gasteiger partial charge in [-0.25, -0.2) is 0 Å². The van der Waals surface area contributed by atoms with Crippen molar-refractivity contribution in [3.63, 3.8) is 0 Å². The molecule has 0 bridgehead atoms. The Hall–Kier alpha value is -0.390. The van der Waals surface area contributed by atoms with E-state index >= 15 is 0 Å². The lowest BCUT2D eigenvalue weighted by atomic mass is 10.1. The summed E-state index contributed by atoms with van der Waals surface area (Å²) in [6.07, 6.45) is -0.586. The van der Waals surface area contributed by atoms with Crippen LogP contribution in [0.3, 0.4) is 0 Å². The van der Waals surface area contributed by atoms with Gasteiger partial charge in [-0.05, 0) is 33.4 Å². The zero-order chi connectivity index (χ0) is 13.0. The van der Waals surface area contributed by atoms with Crippen LogP contribution in [0.2, 0.25) is 5.02 Å². The molecule has 0 saturated carbocycles. The van der Waals surface area contributed by atoms with Crippen molar-refractivity contribution >= 4 is 38.9 Å². The predicted octanol–water partition coefficient (Wildman–Crippen LogP) is 3.99. The SMILES string of the molecule is OC(CNCc1sccc1Br)c1ccccc1Cl. The van der Waals surface area contributed by atoms with Crippen molar-refractivity contribution in [2.45, 2.75) is 12.6 Å². The van der Waals surface area contributed by atoms with Gasteiger partial charge in [0.15, 0.2) is 0 Å². The number of halogens is 2. The van der Waals surface area contributed by atoms with Gasteiger partial charge in [0.2, 0.25) is 0 Å². The molecular formula is C13H13BrClNOS. The van der Waals surface area contributed by atoms with Crippen LogP contribution in [0.15, 0.2) is 40.2 Å². The molecule has 1 heterocycles. The highest BCUT2D eigenvalue weighted by Gasteiger charge is 2.10. The van der Waals surface area contributed by atoms with Crippen LogP contribution < -0.4 is 5.32 Å². The molecule has 5 heteroatoms. The Morgan fingerprint density at radius 1 is 1.33 bits per heavy atom. The summed E-state index contributed by atoms with van der Waals surface area (Å²) >= 11 is 11.2. The fraction of sp³-hybridized carbons (Fsp3) is 0.231. The van der Waals surface area contributed by atoms with E-state index in [1.54, 1.807) is 17.4 Å². The molecule has 1 atom stereocenters. The Labute approximate surface area is 124 Å². The highest BCUT2D eigenvalue weighted by Crippen LogP contribution is 2.24. The third kappa shape index (κ3) is 3.56. The maximum absolute atomic E-state index is 10.0. The summed E-state index contributed by atoms with van der Waals surface area (Å²) in [5.74, 6) is 0. The smallest absolute Gasteiger partial charge is 0.0928 e. The van der Waals surface area contributed by atoms with E-state index in [2.05, 4.69) is 21.2 Å². The summed E-state index contributed by atoms with van der Waals surface area (Å²) < 4.78 is 1.10. The first-order chi connectivity index (χ1) is 8.68. The molecule has 0 aliphatic rings. The van der Waals surface area contributed by atoms with E-state index in [4.69, 9.17) is 11.6 Å². The van der Waals surface area contributed by atoms with Gasteiger partial charge in [0.1, 0.15) is 0 Å². The second-order valence-electron chi connectivity index (χ2n) is 3.86. The molecule has 2 nitrogen and oxygen atoms in total. The van der Waals surface area contributed by atoms with Crippen LogP contribution >= 0.6 is 38.9 Å². The van der Waals surface area contributed by atoms with Crippen LogP contribution in [0.4, 0.5) is 0 Å². The van der Waals surface area contributed by atoms with E-state index in [0.29, 0.717) is 11.6 Å². The van der Waals surface area contributed by atoms with Gasteiger partial charge in [-0.1, -0.05) is 29.8 Å². The molecule has 18 heavy (non-hydrogen) atoms. The zero-order valence-corrected chi connectivity index (χ0v) is 12.7. The first-order valence-electron chi connectivity index (χ1n) is 5.53. The van der Waals surface area contributed by atoms with Crippen molar-refractivity contribution < 1.29 is 5.11 Å². The average molecular weight is 347 g/mol. The lowest BCUT2D eigenvalue weighted by molar-refractivity contribution is 0.174. The molecule has 2 rings (SSSR count). The van der Waals surface area contributed by atoms with E-state index in [1.165, 1.54) is 4.88 Å². The van der Waals surface area contributed by atoms with Gasteiger partial charge in [-0.15, -0.1) is 11.3 Å². The number of rotatable bonds is 5. The molecule has 0 aliphatic heterocycles. The number of aliphatic hydroxyl groups excluding tert-OH is 1. The van der Waals surface area contributed by atoms with Crippen molar-refractivity contribution in [2.24, 2.45) is 0 Å². The first kappa shape index (κ1) is 14.0. The minimum absolute atomic E-state index is 0.480. The van der Waals surface area contributed by atoms with Crippen molar-refractivity contribution in [3.05, 3.63) is 55.6 Å². The van der Waals surface area contributed by atoms with Crippen LogP contribution in [-0.2, 0) is 6.54 Å². The largest absolute Gasteiger partial charge is 0.387 e. The quantitative estimate of drug-likeness (QED) is 0.858. The molecular weight excluding hydrogens is 334 g/mol. The molecule has 0 aliphatic carbocycles. The van der Waals surface area contributed by atoms with Gasteiger partial charge in [0, 0.05) is 33.0 Å². The summed E-state index contributed by atoms with van der Waals surface area (Å²) in [7, 11) is 0. The zero-order valence-electron chi connectivity index (χ0n) is 9.57. The molecule has 0 saturated heterocycles. The van der Waals surface area contributed by atoms with Crippen LogP contribution in [-0.4, -0.2) is 11.7 Å². The van der Waals surface area contributed by atoms with E-state index in [-0.39, 0.29) is 0 Å². The molecule has 0 radical (unpaired) electrons. The molecule has 0 spiro atoms. The molecule has 1 aromatic carbocycles. The minimum atomic E-state index is -0.586. The van der Waals surface area contributed by atoms with Crippen LogP contribution in [0.25, 0.3) is 0 Å². The Morgan fingerprint density at radius 3 is 2.78 bits per heavy atom. The number of thiophene rings is 1. The first-order valence-corrected chi connectivity index (χ1v) is 7.58. The molecule has 1 unspecified atom stereocenters. The van der Waals surface area contributed by atoms with E-state index in [1.807, 2.05) is 29.6 Å². The summed E-state index contributed by atoms with van der Waals surface area (Å²) in [6, 6.07) is 9.38. The summed E-state index contributed by atoms with van der Waals surface area (Å²) in [5.41, 5.74) is 0.761. The Balaban J connectivity index is 1.87. The number of aliphatic hydroxyl groups is 1. The van der Waals surface area contributed by atoms with Gasteiger partial charge >= 0.3 is 0 Å². The Bertz CT molecular complexity index is 517. The fourth-order valence-electron chi connectivity index (χ4n) is 1.63. The second kappa shape index (κ2) is 6.68. The average Bonchev–Trinajstić information content (AvgIpc) is 2.75. The van der Waals surface area contributed by atoms with E-state index in [9.17, 15) is 5.11 Å². The molecule has 0 fully saturated rings. The molecule has 96 valence electrons. The van der Waals surface area contributed by atoms with Gasteiger partial charge < -0.3 is 10.4 Å². The van der Waals surface area contributed by atoms with Crippen LogP contribution in [0.5, 0.6) is 0 Å². The highest BCUT2D eigenvalue weighted by molar-refractivity contribution is 9.10. The number of hydrogen-bond donors (Lipinski definition) is 2. The number of hydrogen-bond acceptors (Lipinski definition) is 3. The number of nitrogens with one attached hydrogen (secondary N) is 1. The monoisotopic (exact) mass is 345 g/mol. The van der Waals surface area contributed by atoms with E-state index in [0.717, 1.165) is 16.6 Å². The molecule has 0 amide bonds. The van der Waals surface area contributed by atoms with Gasteiger partial charge in [-0.3, -0.25) is 0 Å². The number of benzene rings is 1. The predicted molar refractivity (Wildman–Crippen MR) is 80.1 cm³/mol. The van der Waals surface area contributed by atoms with Crippen molar-refractivity contribution in [2.75, 3.05) is 6.54 Å². The maximum atomic E-state index is 10.0. The minimum Gasteiger partial charge on any atom is -0.387 e. The summed E-state index contributed by atoms with van der Waals surface area (Å²) in [6.45, 7) is 1.22. The summed E-state index contributed by atoms with van der Waals surface area (Å²) in [4.78, 5) is 1.22. The maximum Gasteiger partial charge on any atom is 0.0928 e.